The molecule has 5 rings (SSSR count). The molecule has 0 bridgehead atoms. The molecule has 8 nitrogen and oxygen atoms in total. The number of carbonyl (C=O) groups is 1. The lowest BCUT2D eigenvalue weighted by atomic mass is 10.3. The van der Waals surface area contributed by atoms with Gasteiger partial charge in [-0.3, -0.25) is 0 Å². The predicted octanol–water partition coefficient (Wildman–Crippen LogP) is 3.68. The average molecular weight is 434 g/mol. The maximum absolute atomic E-state index is 13.2. The molecule has 0 aliphatic carbocycles. The summed E-state index contributed by atoms with van der Waals surface area (Å²) in [5.41, 5.74) is 3.08. The molecule has 0 atom stereocenters. The molecule has 0 saturated carbocycles. The summed E-state index contributed by atoms with van der Waals surface area (Å²) in [5, 5.41) is 5.93. The van der Waals surface area contributed by atoms with Crippen LogP contribution in [0, 0.1) is 5.82 Å². The summed E-state index contributed by atoms with van der Waals surface area (Å²) in [6.07, 6.45) is 6.87. The van der Waals surface area contributed by atoms with E-state index in [9.17, 15) is 9.18 Å². The number of hydrogen-bond acceptors (Lipinski definition) is 7. The van der Waals surface area contributed by atoms with Crippen LogP contribution in [-0.4, -0.2) is 42.2 Å². The third kappa shape index (κ3) is 3.50. The zero-order chi connectivity index (χ0) is 21.4. The molecule has 4 heterocycles. The Bertz CT molecular complexity index is 1410. The molecule has 0 amide bonds. The molecule has 154 valence electrons. The number of thioether (sulfide) groups is 1. The number of pyridine rings is 1. The Morgan fingerprint density at radius 2 is 2.00 bits per heavy atom. The monoisotopic (exact) mass is 434 g/mol. The van der Waals surface area contributed by atoms with E-state index in [1.165, 1.54) is 37.3 Å². The van der Waals surface area contributed by atoms with Crippen molar-refractivity contribution in [1.82, 2.24) is 29.1 Å². The van der Waals surface area contributed by atoms with E-state index in [-0.39, 0.29) is 5.82 Å². The van der Waals surface area contributed by atoms with Gasteiger partial charge in [0, 0.05) is 18.1 Å². The minimum Gasteiger partial charge on any atom is -0.465 e. The van der Waals surface area contributed by atoms with Crippen molar-refractivity contribution in [2.45, 2.75) is 10.8 Å². The first kappa shape index (κ1) is 19.2. The first-order valence-electron chi connectivity index (χ1n) is 9.26. The quantitative estimate of drug-likeness (QED) is 0.237. The zero-order valence-corrected chi connectivity index (χ0v) is 17.1. The predicted molar refractivity (Wildman–Crippen MR) is 113 cm³/mol. The Morgan fingerprint density at radius 3 is 2.81 bits per heavy atom. The van der Waals surface area contributed by atoms with Crippen LogP contribution < -0.4 is 0 Å². The van der Waals surface area contributed by atoms with Gasteiger partial charge in [-0.15, -0.1) is 0 Å². The van der Waals surface area contributed by atoms with Crippen LogP contribution in [0.4, 0.5) is 4.39 Å². The van der Waals surface area contributed by atoms with Gasteiger partial charge in [-0.2, -0.15) is 5.10 Å². The fraction of sp³-hybridized carbons (Fsp3) is 0.0952. The first-order valence-corrected chi connectivity index (χ1v) is 10.2. The summed E-state index contributed by atoms with van der Waals surface area (Å²) >= 11 is 1.49. The Morgan fingerprint density at radius 1 is 1.16 bits per heavy atom. The van der Waals surface area contributed by atoms with E-state index in [1.807, 2.05) is 12.4 Å². The first-order chi connectivity index (χ1) is 15.1. The number of carbonyl (C=O) groups excluding carboxylic acids is 1. The molecule has 0 fully saturated rings. The van der Waals surface area contributed by atoms with Crippen molar-refractivity contribution in [2.24, 2.45) is 0 Å². The lowest BCUT2D eigenvalue weighted by molar-refractivity contribution is 0.0602. The largest absolute Gasteiger partial charge is 0.465 e. The van der Waals surface area contributed by atoms with Gasteiger partial charge < -0.3 is 9.14 Å². The van der Waals surface area contributed by atoms with Gasteiger partial charge in [0.2, 0.25) is 0 Å². The standard InChI is InChI=1S/C21H15FN6O2S/c1-30-21(29)16-3-2-8-27-10-14(26-19(16)27)11-31-20-17-9-25-28(18(17)23-12-24-20)15-6-4-13(22)5-7-15/h2-10,12H,11H2,1H3. The van der Waals surface area contributed by atoms with Crippen LogP contribution in [0.3, 0.4) is 0 Å². The molecule has 10 heteroatoms. The molecule has 31 heavy (non-hydrogen) atoms. The van der Waals surface area contributed by atoms with E-state index in [2.05, 4.69) is 20.1 Å². The second kappa shape index (κ2) is 7.80. The van der Waals surface area contributed by atoms with Crippen molar-refractivity contribution >= 4 is 34.4 Å². The van der Waals surface area contributed by atoms with Gasteiger partial charge in [-0.05, 0) is 36.4 Å². The average Bonchev–Trinajstić information content (AvgIpc) is 3.42. The fourth-order valence-electron chi connectivity index (χ4n) is 3.25. The fourth-order valence-corrected chi connectivity index (χ4v) is 4.10. The zero-order valence-electron chi connectivity index (χ0n) is 16.3. The molecule has 0 saturated heterocycles. The van der Waals surface area contributed by atoms with Crippen LogP contribution in [0.25, 0.3) is 22.4 Å². The van der Waals surface area contributed by atoms with Crippen LogP contribution >= 0.6 is 11.8 Å². The summed E-state index contributed by atoms with van der Waals surface area (Å²) in [4.78, 5) is 25.3. The molecular weight excluding hydrogens is 419 g/mol. The summed E-state index contributed by atoms with van der Waals surface area (Å²) < 4.78 is 21.5. The van der Waals surface area contributed by atoms with Crippen molar-refractivity contribution in [3.05, 3.63) is 78.4 Å². The SMILES string of the molecule is COC(=O)c1cccn2cc(CSc3ncnc4c3cnn4-c3ccc(F)cc3)nc12. The number of aromatic nitrogens is 6. The van der Waals surface area contributed by atoms with E-state index in [0.29, 0.717) is 28.3 Å². The smallest absolute Gasteiger partial charge is 0.341 e. The summed E-state index contributed by atoms with van der Waals surface area (Å²) in [6.45, 7) is 0. The van der Waals surface area contributed by atoms with Gasteiger partial charge in [0.15, 0.2) is 11.3 Å². The minimum absolute atomic E-state index is 0.311. The Labute approximate surface area is 179 Å². The summed E-state index contributed by atoms with van der Waals surface area (Å²) in [7, 11) is 1.35. The van der Waals surface area contributed by atoms with Gasteiger partial charge in [0.1, 0.15) is 22.7 Å². The highest BCUT2D eigenvalue weighted by Gasteiger charge is 2.15. The van der Waals surface area contributed by atoms with Crippen LogP contribution in [0.15, 0.2) is 66.3 Å². The molecule has 0 aliphatic heterocycles. The molecule has 0 aliphatic rings. The maximum atomic E-state index is 13.2. The van der Waals surface area contributed by atoms with Crippen LogP contribution in [0.5, 0.6) is 0 Å². The normalized spacial score (nSPS) is 11.3. The highest BCUT2D eigenvalue weighted by molar-refractivity contribution is 7.98. The van der Waals surface area contributed by atoms with Crippen LogP contribution in [0.1, 0.15) is 16.1 Å². The Kier molecular flexibility index (Phi) is 4.83. The molecule has 0 spiro atoms. The van der Waals surface area contributed by atoms with E-state index in [4.69, 9.17) is 4.74 Å². The Hall–Kier alpha value is -3.79. The van der Waals surface area contributed by atoms with Crippen molar-refractivity contribution in [2.75, 3.05) is 7.11 Å². The van der Waals surface area contributed by atoms with Crippen molar-refractivity contribution in [1.29, 1.82) is 0 Å². The number of ether oxygens (including phenoxy) is 1. The molecule has 0 N–H and O–H groups in total. The van der Waals surface area contributed by atoms with Crippen LogP contribution in [-0.2, 0) is 10.5 Å². The van der Waals surface area contributed by atoms with Gasteiger partial charge >= 0.3 is 5.97 Å². The summed E-state index contributed by atoms with van der Waals surface area (Å²) in [6, 6.07) is 9.51. The number of nitrogens with zero attached hydrogens (tertiary/aromatic N) is 6. The second-order valence-electron chi connectivity index (χ2n) is 6.61. The van der Waals surface area contributed by atoms with E-state index >= 15 is 0 Å². The third-order valence-electron chi connectivity index (χ3n) is 4.70. The summed E-state index contributed by atoms with van der Waals surface area (Å²) in [5.74, 6) is -0.203. The minimum atomic E-state index is -0.430. The lowest BCUT2D eigenvalue weighted by Crippen LogP contribution is -2.03. The number of methoxy groups -OCH3 is 1. The third-order valence-corrected chi connectivity index (χ3v) is 5.73. The lowest BCUT2D eigenvalue weighted by Gasteiger charge is -2.03. The Balaban J connectivity index is 1.44. The van der Waals surface area contributed by atoms with Crippen molar-refractivity contribution in [3.63, 3.8) is 0 Å². The van der Waals surface area contributed by atoms with E-state index < -0.39 is 5.97 Å². The van der Waals surface area contributed by atoms with Gasteiger partial charge in [0.05, 0.1) is 30.1 Å². The molecule has 0 radical (unpaired) electrons. The van der Waals surface area contributed by atoms with Crippen molar-refractivity contribution < 1.29 is 13.9 Å². The van der Waals surface area contributed by atoms with Crippen molar-refractivity contribution in [3.8, 4) is 5.69 Å². The molecule has 4 aromatic heterocycles. The van der Waals surface area contributed by atoms with E-state index in [1.54, 1.807) is 39.5 Å². The molecule has 5 aromatic rings. The van der Waals surface area contributed by atoms with E-state index in [0.717, 1.165) is 16.1 Å². The highest BCUT2D eigenvalue weighted by Crippen LogP contribution is 2.28. The number of halogens is 1. The van der Waals surface area contributed by atoms with Gasteiger partial charge in [-0.1, -0.05) is 11.8 Å². The van der Waals surface area contributed by atoms with Gasteiger partial charge in [-0.25, -0.2) is 28.8 Å². The number of fused-ring (bicyclic) bond motifs is 2. The number of imidazole rings is 1. The number of rotatable bonds is 5. The number of benzene rings is 1. The molecule has 1 aromatic carbocycles. The van der Waals surface area contributed by atoms with Crippen LogP contribution in [0.2, 0.25) is 0 Å². The number of esters is 1. The molecule has 0 unspecified atom stereocenters. The van der Waals surface area contributed by atoms with Gasteiger partial charge in [0.25, 0.3) is 0 Å². The highest BCUT2D eigenvalue weighted by atomic mass is 32.2. The molecular formula is C21H15FN6O2S. The topological polar surface area (TPSA) is 87.2 Å². The second-order valence-corrected chi connectivity index (χ2v) is 7.58. The maximum Gasteiger partial charge on any atom is 0.341 e. The number of hydrogen-bond donors (Lipinski definition) is 0.